The molecule has 1 aliphatic rings. The average molecular weight is 252 g/mol. The number of hydrazone groups is 1. The van der Waals surface area contributed by atoms with Crippen LogP contribution < -0.4 is 5.43 Å². The summed E-state index contributed by atoms with van der Waals surface area (Å²) in [5.41, 5.74) is 2.40. The number of rotatable bonds is 4. The minimum absolute atomic E-state index is 0.114. The predicted octanol–water partition coefficient (Wildman–Crippen LogP) is 1.27. The van der Waals surface area contributed by atoms with Crippen molar-refractivity contribution in [2.24, 2.45) is 5.10 Å². The highest BCUT2D eigenvalue weighted by molar-refractivity contribution is 5.80. The molecule has 2 heterocycles. The summed E-state index contributed by atoms with van der Waals surface area (Å²) in [5, 5.41) is 3.78. The van der Waals surface area contributed by atoms with Crippen LogP contribution in [0.5, 0.6) is 0 Å². The zero-order valence-corrected chi connectivity index (χ0v) is 10.2. The van der Waals surface area contributed by atoms with Gasteiger partial charge in [0.05, 0.1) is 32.1 Å². The first-order chi connectivity index (χ1) is 8.68. The molecule has 98 valence electrons. The number of nitrogens with one attached hydrogen (secondary N) is 1. The molecule has 1 N–H and O–H groups in total. The molecule has 0 unspecified atom stereocenters. The van der Waals surface area contributed by atoms with Crippen molar-refractivity contribution < 1.29 is 18.7 Å². The lowest BCUT2D eigenvalue weighted by molar-refractivity contribution is -0.256. The molecule has 0 aliphatic carbocycles. The maximum absolute atomic E-state index is 11.6. The number of nitrogens with zero attached hydrogens (tertiary/aromatic N) is 1. The van der Waals surface area contributed by atoms with Gasteiger partial charge in [-0.25, -0.2) is 5.43 Å². The van der Waals surface area contributed by atoms with E-state index in [9.17, 15) is 4.79 Å². The van der Waals surface area contributed by atoms with E-state index in [0.717, 1.165) is 6.42 Å². The normalized spacial score (nSPS) is 18.9. The molecule has 6 heteroatoms. The lowest BCUT2D eigenvalue weighted by atomic mass is 10.2. The Balaban J connectivity index is 1.78. The van der Waals surface area contributed by atoms with E-state index in [-0.39, 0.29) is 12.3 Å². The van der Waals surface area contributed by atoms with Crippen LogP contribution in [0.3, 0.4) is 0 Å². The Labute approximate surface area is 105 Å². The van der Waals surface area contributed by atoms with E-state index in [1.54, 1.807) is 19.1 Å². The van der Waals surface area contributed by atoms with Gasteiger partial charge in [-0.2, -0.15) is 5.10 Å². The molecule has 0 atom stereocenters. The Morgan fingerprint density at radius 1 is 1.56 bits per heavy atom. The fraction of sp³-hybridized carbons (Fsp3) is 0.500. The molecule has 0 radical (unpaired) electrons. The zero-order valence-electron chi connectivity index (χ0n) is 10.2. The maximum atomic E-state index is 11.6. The molecule has 6 nitrogen and oxygen atoms in total. The van der Waals surface area contributed by atoms with Crippen LogP contribution in [0.2, 0.25) is 0 Å². The summed E-state index contributed by atoms with van der Waals surface area (Å²) in [6.45, 7) is 2.97. The van der Waals surface area contributed by atoms with Gasteiger partial charge >= 0.3 is 0 Å². The molecule has 0 bridgehead atoms. The predicted molar refractivity (Wildman–Crippen MR) is 64.0 cm³/mol. The van der Waals surface area contributed by atoms with Gasteiger partial charge in [0.15, 0.2) is 5.79 Å². The van der Waals surface area contributed by atoms with Gasteiger partial charge in [-0.15, -0.1) is 0 Å². The van der Waals surface area contributed by atoms with Crippen molar-refractivity contribution in [3.05, 3.63) is 24.2 Å². The molecule has 0 aromatic carbocycles. The van der Waals surface area contributed by atoms with E-state index >= 15 is 0 Å². The van der Waals surface area contributed by atoms with Crippen LogP contribution in [0, 0.1) is 0 Å². The first-order valence-electron chi connectivity index (χ1n) is 5.81. The van der Waals surface area contributed by atoms with Gasteiger partial charge in [-0.05, 0) is 25.5 Å². The number of carbonyl (C=O) groups excluding carboxylic acids is 1. The largest absolute Gasteiger partial charge is 0.463 e. The van der Waals surface area contributed by atoms with Gasteiger partial charge in [0.25, 0.3) is 0 Å². The second kappa shape index (κ2) is 5.79. The van der Waals surface area contributed by atoms with E-state index in [0.29, 0.717) is 19.0 Å². The molecule has 1 amide bonds. The molecule has 0 spiro atoms. The summed E-state index contributed by atoms with van der Waals surface area (Å²) >= 11 is 0. The Morgan fingerprint density at radius 3 is 3.00 bits per heavy atom. The summed E-state index contributed by atoms with van der Waals surface area (Å²) in [4.78, 5) is 11.6. The standard InChI is InChI=1S/C12H16N2O4/c1-12(17-6-3-7-18-12)8-11(15)14-13-9-10-4-2-5-16-10/h2,4-5,9H,3,6-8H2,1H3,(H,14,15)/b13-9-. The number of ether oxygens (including phenoxy) is 2. The summed E-state index contributed by atoms with van der Waals surface area (Å²) < 4.78 is 15.9. The van der Waals surface area contributed by atoms with Crippen LogP contribution >= 0.6 is 0 Å². The van der Waals surface area contributed by atoms with Crippen LogP contribution in [-0.4, -0.2) is 31.1 Å². The topological polar surface area (TPSA) is 73.1 Å². The molecule has 18 heavy (non-hydrogen) atoms. The van der Waals surface area contributed by atoms with Crippen molar-refractivity contribution >= 4 is 12.1 Å². The van der Waals surface area contributed by atoms with Crippen LogP contribution in [0.25, 0.3) is 0 Å². The number of furan rings is 1. The summed E-state index contributed by atoms with van der Waals surface area (Å²) in [7, 11) is 0. The van der Waals surface area contributed by atoms with Gasteiger partial charge in [-0.3, -0.25) is 4.79 Å². The molecule has 1 aromatic heterocycles. The molecular weight excluding hydrogens is 236 g/mol. The smallest absolute Gasteiger partial charge is 0.245 e. The third-order valence-corrected chi connectivity index (χ3v) is 2.51. The number of hydrogen-bond acceptors (Lipinski definition) is 5. The summed E-state index contributed by atoms with van der Waals surface area (Å²) in [6.07, 6.45) is 3.94. The number of carbonyl (C=O) groups is 1. The van der Waals surface area contributed by atoms with Crippen molar-refractivity contribution in [3.63, 3.8) is 0 Å². The fourth-order valence-corrected chi connectivity index (χ4v) is 1.64. The highest BCUT2D eigenvalue weighted by atomic mass is 16.7. The molecule has 1 saturated heterocycles. The van der Waals surface area contributed by atoms with Gasteiger partial charge < -0.3 is 13.9 Å². The van der Waals surface area contributed by atoms with Crippen molar-refractivity contribution in [1.82, 2.24) is 5.43 Å². The third kappa shape index (κ3) is 3.68. The van der Waals surface area contributed by atoms with Crippen molar-refractivity contribution in [2.45, 2.75) is 25.6 Å². The lowest BCUT2D eigenvalue weighted by Crippen LogP contribution is -2.41. The van der Waals surface area contributed by atoms with Crippen molar-refractivity contribution in [2.75, 3.05) is 13.2 Å². The van der Waals surface area contributed by atoms with Crippen molar-refractivity contribution in [3.8, 4) is 0 Å². The minimum atomic E-state index is -0.845. The molecule has 0 saturated carbocycles. The van der Waals surface area contributed by atoms with E-state index in [2.05, 4.69) is 10.5 Å². The molecule has 2 rings (SSSR count). The molecular formula is C12H16N2O4. The molecule has 1 aliphatic heterocycles. The minimum Gasteiger partial charge on any atom is -0.463 e. The summed E-state index contributed by atoms with van der Waals surface area (Å²) in [5.74, 6) is -0.531. The first-order valence-corrected chi connectivity index (χ1v) is 5.81. The van der Waals surface area contributed by atoms with E-state index in [1.165, 1.54) is 12.5 Å². The SMILES string of the molecule is CC1(CC(=O)N/N=C\c2ccco2)OCCCO1. The lowest BCUT2D eigenvalue weighted by Gasteiger charge is -2.33. The van der Waals surface area contributed by atoms with Gasteiger partial charge in [0.2, 0.25) is 5.91 Å². The van der Waals surface area contributed by atoms with Gasteiger partial charge in [0, 0.05) is 0 Å². The third-order valence-electron chi connectivity index (χ3n) is 2.51. The summed E-state index contributed by atoms with van der Waals surface area (Å²) in [6, 6.07) is 3.48. The first kappa shape index (κ1) is 12.8. The average Bonchev–Trinajstić information content (AvgIpc) is 2.82. The highest BCUT2D eigenvalue weighted by Gasteiger charge is 2.31. The van der Waals surface area contributed by atoms with Crippen LogP contribution in [0.15, 0.2) is 27.9 Å². The Bertz CT molecular complexity index is 408. The number of hydrogen-bond donors (Lipinski definition) is 1. The molecule has 1 aromatic rings. The van der Waals surface area contributed by atoms with Crippen molar-refractivity contribution in [1.29, 1.82) is 0 Å². The van der Waals surface area contributed by atoms with E-state index in [1.807, 2.05) is 0 Å². The van der Waals surface area contributed by atoms with E-state index in [4.69, 9.17) is 13.9 Å². The number of amides is 1. The monoisotopic (exact) mass is 252 g/mol. The second-order valence-electron chi connectivity index (χ2n) is 4.17. The van der Waals surface area contributed by atoms with Crippen LogP contribution in [0.1, 0.15) is 25.5 Å². The maximum Gasteiger partial charge on any atom is 0.245 e. The van der Waals surface area contributed by atoms with E-state index < -0.39 is 5.79 Å². The second-order valence-corrected chi connectivity index (χ2v) is 4.17. The van der Waals surface area contributed by atoms with Gasteiger partial charge in [0.1, 0.15) is 5.76 Å². The highest BCUT2D eigenvalue weighted by Crippen LogP contribution is 2.21. The van der Waals surface area contributed by atoms with Crippen LogP contribution in [-0.2, 0) is 14.3 Å². The Kier molecular flexibility index (Phi) is 4.11. The Hall–Kier alpha value is -1.66. The van der Waals surface area contributed by atoms with Gasteiger partial charge in [-0.1, -0.05) is 0 Å². The van der Waals surface area contributed by atoms with Crippen LogP contribution in [0.4, 0.5) is 0 Å². The zero-order chi connectivity index (χ0) is 12.8. The molecule has 1 fully saturated rings. The Morgan fingerprint density at radius 2 is 2.33 bits per heavy atom. The fourth-order valence-electron chi connectivity index (χ4n) is 1.64. The quantitative estimate of drug-likeness (QED) is 0.647.